The van der Waals surface area contributed by atoms with E-state index in [2.05, 4.69) is 121 Å². The van der Waals surface area contributed by atoms with E-state index in [1.165, 1.54) is 154 Å². The Balaban J connectivity index is 0.901. The lowest BCUT2D eigenvalue weighted by molar-refractivity contribution is -0.211. The highest BCUT2D eigenvalue weighted by molar-refractivity contribution is 5.17. The third-order valence-electron chi connectivity index (χ3n) is 38.4. The normalized spacial score (nSPS) is 46.0. The van der Waals surface area contributed by atoms with Gasteiger partial charge in [-0.25, -0.2) is 0 Å². The third-order valence-corrected chi connectivity index (χ3v) is 38.4. The lowest BCUT2D eigenvalue weighted by Gasteiger charge is -2.70. The summed E-state index contributed by atoms with van der Waals surface area (Å²) in [6.07, 6.45) is 77.0. The molecule has 0 radical (unpaired) electrons. The second kappa shape index (κ2) is 34.5. The molecule has 24 atom stereocenters. The Kier molecular flexibility index (Phi) is 26.7. The van der Waals surface area contributed by atoms with Gasteiger partial charge in [0.05, 0.1) is 0 Å². The summed E-state index contributed by atoms with van der Waals surface area (Å²) in [7, 11) is 0. The Morgan fingerprint density at radius 1 is 0.231 bits per heavy atom. The Hall–Kier alpha value is -0.0800. The zero-order valence-electron chi connectivity index (χ0n) is 72.7. The summed E-state index contributed by atoms with van der Waals surface area (Å²) < 4.78 is 0. The molecule has 598 valence electrons. The van der Waals surface area contributed by atoms with Crippen LogP contribution in [0.1, 0.15) is 432 Å². The van der Waals surface area contributed by atoms with Crippen LogP contribution in [0.4, 0.5) is 0 Å². The largest absolute Gasteiger partial charge is 0.294 e. The van der Waals surface area contributed by atoms with Crippen molar-refractivity contribution in [3.05, 3.63) is 0 Å². The van der Waals surface area contributed by atoms with Gasteiger partial charge in [-0.15, -0.1) is 0 Å². The molecule has 0 aromatic rings. The summed E-state index contributed by atoms with van der Waals surface area (Å²) in [5.41, 5.74) is 1.71. The van der Waals surface area contributed by atoms with E-state index in [0.29, 0.717) is 21.7 Å². The number of fused-ring (bicyclic) bond motifs is 4. The summed E-state index contributed by atoms with van der Waals surface area (Å²) in [6, 6.07) is 5.05. The van der Waals surface area contributed by atoms with E-state index in [1.54, 1.807) is 167 Å². The highest BCUT2D eigenvalue weighted by Gasteiger charge is 2.67. The molecule has 14 fully saturated rings. The number of unbranched alkanes of at least 4 members (excludes halogenated alkanes) is 10. The predicted molar refractivity (Wildman–Crippen MR) is 449 cm³/mol. The molecule has 14 aliphatic carbocycles. The Labute approximate surface area is 649 Å². The van der Waals surface area contributed by atoms with Gasteiger partial charge in [-0.1, -0.05) is 201 Å². The topological polar surface area (TPSA) is 6.48 Å². The first kappa shape index (κ1) is 80.5. The molecular weight excluding hydrogens is 1250 g/mol. The fourth-order valence-electron chi connectivity index (χ4n) is 32.7. The van der Waals surface area contributed by atoms with Gasteiger partial charge in [-0.05, 0) is 407 Å². The summed E-state index contributed by atoms with van der Waals surface area (Å²) in [5.74, 6) is 25.0. The van der Waals surface area contributed by atoms with Gasteiger partial charge >= 0.3 is 0 Å². The summed E-state index contributed by atoms with van der Waals surface area (Å²) >= 11 is 0. The molecule has 0 bridgehead atoms. The van der Waals surface area contributed by atoms with E-state index < -0.39 is 0 Å². The number of hydrogen-bond donors (Lipinski definition) is 0. The number of nitrogens with zero attached hydrogens (tertiary/aromatic N) is 2. The number of rotatable bonds is 22. The minimum atomic E-state index is 0.420. The molecule has 2 nitrogen and oxygen atoms in total. The van der Waals surface area contributed by atoms with Crippen LogP contribution < -0.4 is 0 Å². The zero-order chi connectivity index (χ0) is 73.0. The van der Waals surface area contributed by atoms with Crippen molar-refractivity contribution in [3.63, 3.8) is 0 Å². The molecule has 0 aliphatic heterocycles. The van der Waals surface area contributed by atoms with Gasteiger partial charge in [0.25, 0.3) is 0 Å². The Morgan fingerprint density at radius 2 is 0.529 bits per heavy atom. The molecule has 0 amide bonds. The summed E-state index contributed by atoms with van der Waals surface area (Å²) in [6.45, 7) is 42.5. The van der Waals surface area contributed by atoms with Crippen molar-refractivity contribution < 1.29 is 0 Å². The maximum atomic E-state index is 3.72. The van der Waals surface area contributed by atoms with Crippen LogP contribution in [0.15, 0.2) is 0 Å². The van der Waals surface area contributed by atoms with E-state index in [4.69, 9.17) is 0 Å². The summed E-state index contributed by atoms with van der Waals surface area (Å²) in [4.78, 5) is 7.43. The van der Waals surface area contributed by atoms with E-state index >= 15 is 0 Å². The van der Waals surface area contributed by atoms with Crippen LogP contribution in [0.3, 0.4) is 0 Å². The van der Waals surface area contributed by atoms with Gasteiger partial charge in [0, 0.05) is 36.3 Å². The second-order valence-corrected chi connectivity index (χ2v) is 47.9. The van der Waals surface area contributed by atoms with Gasteiger partial charge in [0.1, 0.15) is 0 Å². The molecule has 0 N–H and O–H groups in total. The maximum absolute atomic E-state index is 3.72. The van der Waals surface area contributed by atoms with Crippen molar-refractivity contribution in [1.82, 2.24) is 9.80 Å². The lowest BCUT2D eigenvalue weighted by atomic mass is 9.38. The number of hydrogen-bond acceptors (Lipinski definition) is 2. The molecule has 104 heavy (non-hydrogen) atoms. The van der Waals surface area contributed by atoms with E-state index in [0.717, 1.165) is 190 Å². The van der Waals surface area contributed by atoms with Crippen LogP contribution in [0.25, 0.3) is 0 Å². The van der Waals surface area contributed by atoms with Crippen LogP contribution in [-0.2, 0) is 0 Å². The average Bonchev–Trinajstić information content (AvgIpc) is 0.701. The molecule has 14 rings (SSSR count). The zero-order valence-corrected chi connectivity index (χ0v) is 72.7. The first-order chi connectivity index (χ1) is 49.8. The second-order valence-electron chi connectivity index (χ2n) is 47.9. The molecule has 0 saturated heterocycles. The van der Waals surface area contributed by atoms with Crippen LogP contribution in [0.5, 0.6) is 0 Å². The van der Waals surface area contributed by atoms with Crippen molar-refractivity contribution in [2.75, 3.05) is 0 Å². The van der Waals surface area contributed by atoms with Gasteiger partial charge in [-0.2, -0.15) is 0 Å². The lowest BCUT2D eigenvalue weighted by Crippen LogP contribution is -2.68. The monoisotopic (exact) mass is 1430 g/mol. The molecule has 0 spiro atoms. The van der Waals surface area contributed by atoms with Crippen molar-refractivity contribution in [1.29, 1.82) is 0 Å². The highest BCUT2D eigenvalue weighted by Crippen LogP contribution is 2.72. The van der Waals surface area contributed by atoms with E-state index in [1.807, 2.05) is 0 Å². The molecule has 24 unspecified atom stereocenters. The smallest absolute Gasteiger partial charge is 0.0135 e. The fourth-order valence-corrected chi connectivity index (χ4v) is 32.7. The maximum Gasteiger partial charge on any atom is 0.0135 e. The van der Waals surface area contributed by atoms with Crippen molar-refractivity contribution in [2.45, 2.75) is 468 Å². The van der Waals surface area contributed by atoms with Gasteiger partial charge < -0.3 is 0 Å². The molecule has 14 saturated carbocycles. The first-order valence-corrected chi connectivity index (χ1v) is 49.4. The van der Waals surface area contributed by atoms with E-state index in [9.17, 15) is 0 Å². The molecule has 14 aliphatic rings. The average molecular weight is 1430 g/mol. The van der Waals surface area contributed by atoms with Crippen molar-refractivity contribution in [3.8, 4) is 0 Å². The van der Waals surface area contributed by atoms with Crippen LogP contribution in [0.2, 0.25) is 0 Å². The molecule has 0 aromatic heterocycles. The Morgan fingerprint density at radius 3 is 0.875 bits per heavy atom. The van der Waals surface area contributed by atoms with E-state index in [-0.39, 0.29) is 0 Å². The molecule has 0 heterocycles. The molecule has 2 heteroatoms. The van der Waals surface area contributed by atoms with Crippen LogP contribution >= 0.6 is 0 Å². The quantitative estimate of drug-likeness (QED) is 0.0997. The standard InChI is InChI=1S/C102H180N2/c1-17-19-21-23-25-27-29-69-35-49-81(50-36-69)103(79-45-31-67(3)32-46-79)93-65-91(95-83-53-43-75(99(5,6)7)61-73(83)59-71-39-41-77(63-89(71)95)101(11,12)13)85-56-58-88-94(104(80-47-33-68(4)34-48-80)82-51-37-70(38-52-82)30-28-26-24-22-20-18-2)66-92(86-55-57-87(93)97(85)98(86)88)96-84-54-44-76(100(8,9)10)62-74(84)60-72-40-42-78(64-90(72)96)102(14,15)16/h67-98H,17-66H2,1-16H3. The third kappa shape index (κ3) is 17.7. The van der Waals surface area contributed by atoms with Crippen LogP contribution in [0, 0.1) is 176 Å². The van der Waals surface area contributed by atoms with Crippen molar-refractivity contribution in [2.24, 2.45) is 176 Å². The fraction of sp³-hybridized carbons (Fsp3) is 1.00. The highest BCUT2D eigenvalue weighted by atomic mass is 15.2. The molecule has 0 aromatic carbocycles. The van der Waals surface area contributed by atoms with Crippen molar-refractivity contribution >= 4 is 0 Å². The van der Waals surface area contributed by atoms with Gasteiger partial charge in [-0.3, -0.25) is 9.80 Å². The van der Waals surface area contributed by atoms with Crippen LogP contribution in [-0.4, -0.2) is 46.1 Å². The SMILES string of the molecule is CCCCCCCCC1CCC(N(C2CCC(C)CC2)C2CC(C3C4CCC(C(C)(C)C)CC4CC4CCC(C(C)(C)C)CC43)C3CCC4C5C(CCC2C35)C(C2C3CCC(C(C)(C)C)CC3CC3CCC(C(C)(C)C)CC32)CC4N(C2CCC(C)CC2)C2CCC(CCCCCCCC)CC2)CC1. The summed E-state index contributed by atoms with van der Waals surface area (Å²) in [5, 5.41) is 0. The molecular formula is C102H180N2. The predicted octanol–water partition coefficient (Wildman–Crippen LogP) is 29.8. The first-order valence-electron chi connectivity index (χ1n) is 49.4. The minimum Gasteiger partial charge on any atom is -0.294 e. The minimum absolute atomic E-state index is 0.420. The Bertz CT molecular complexity index is 2390. The van der Waals surface area contributed by atoms with Gasteiger partial charge in [0.2, 0.25) is 0 Å². The van der Waals surface area contributed by atoms with Gasteiger partial charge in [0.15, 0.2) is 0 Å².